The molecule has 0 aliphatic rings. The summed E-state index contributed by atoms with van der Waals surface area (Å²) in [5.74, 6) is -0.174. The van der Waals surface area contributed by atoms with Gasteiger partial charge in [-0.3, -0.25) is 9.10 Å². The van der Waals surface area contributed by atoms with Crippen molar-refractivity contribution < 1.29 is 13.2 Å². The standard InChI is InChI=1S/C26H24N2O3S/c1-32(30,31)28(24-11-3-2-4-12-24)19-20-14-16-22(17-15-20)26(29)27-18-23-10-7-9-21-8-5-6-13-25(21)23/h2-17H,18-19H2,1H3,(H,27,29). The maximum atomic E-state index is 12.7. The Kier molecular flexibility index (Phi) is 6.23. The van der Waals surface area contributed by atoms with Crippen LogP contribution in [0.5, 0.6) is 0 Å². The number of rotatable bonds is 7. The molecule has 0 atom stereocenters. The van der Waals surface area contributed by atoms with Gasteiger partial charge in [0.15, 0.2) is 0 Å². The number of hydrogen-bond acceptors (Lipinski definition) is 3. The van der Waals surface area contributed by atoms with Gasteiger partial charge >= 0.3 is 0 Å². The third-order valence-electron chi connectivity index (χ3n) is 5.31. The van der Waals surface area contributed by atoms with E-state index in [4.69, 9.17) is 0 Å². The highest BCUT2D eigenvalue weighted by Crippen LogP contribution is 2.21. The Hall–Kier alpha value is -3.64. The zero-order valence-corrected chi connectivity index (χ0v) is 18.5. The van der Waals surface area contributed by atoms with Crippen LogP contribution in [-0.4, -0.2) is 20.6 Å². The molecule has 0 fully saturated rings. The fourth-order valence-electron chi connectivity index (χ4n) is 3.65. The molecule has 162 valence electrons. The molecule has 0 bridgehead atoms. The highest BCUT2D eigenvalue weighted by molar-refractivity contribution is 7.92. The first kappa shape index (κ1) is 21.6. The number of amides is 1. The summed E-state index contributed by atoms with van der Waals surface area (Å²) in [4.78, 5) is 12.7. The summed E-state index contributed by atoms with van der Waals surface area (Å²) in [6.07, 6.45) is 1.19. The van der Waals surface area contributed by atoms with Gasteiger partial charge in [-0.1, -0.05) is 72.8 Å². The molecule has 32 heavy (non-hydrogen) atoms. The second-order valence-corrected chi connectivity index (χ2v) is 9.53. The number of benzene rings is 4. The van der Waals surface area contributed by atoms with Gasteiger partial charge in [0.05, 0.1) is 18.5 Å². The van der Waals surface area contributed by atoms with Gasteiger partial charge in [-0.25, -0.2) is 8.42 Å². The second kappa shape index (κ2) is 9.24. The van der Waals surface area contributed by atoms with Gasteiger partial charge in [-0.05, 0) is 46.2 Å². The van der Waals surface area contributed by atoms with Crippen LogP contribution in [0.2, 0.25) is 0 Å². The molecular formula is C26H24N2O3S. The molecule has 1 amide bonds. The summed E-state index contributed by atoms with van der Waals surface area (Å²) < 4.78 is 25.9. The minimum atomic E-state index is -3.45. The molecule has 0 saturated carbocycles. The van der Waals surface area contributed by atoms with Crippen LogP contribution in [0.25, 0.3) is 10.8 Å². The average molecular weight is 445 g/mol. The first-order valence-corrected chi connectivity index (χ1v) is 12.1. The minimum Gasteiger partial charge on any atom is -0.348 e. The predicted molar refractivity (Wildman–Crippen MR) is 129 cm³/mol. The van der Waals surface area contributed by atoms with Crippen molar-refractivity contribution in [1.82, 2.24) is 5.32 Å². The fraction of sp³-hybridized carbons (Fsp3) is 0.115. The first-order valence-electron chi connectivity index (χ1n) is 10.3. The van der Waals surface area contributed by atoms with Crippen molar-refractivity contribution in [1.29, 1.82) is 0 Å². The zero-order chi connectivity index (χ0) is 22.6. The van der Waals surface area contributed by atoms with Crippen molar-refractivity contribution in [3.05, 3.63) is 114 Å². The molecule has 0 saturated heterocycles. The number of carbonyl (C=O) groups excluding carboxylic acids is 1. The van der Waals surface area contributed by atoms with Crippen LogP contribution in [0.3, 0.4) is 0 Å². The van der Waals surface area contributed by atoms with Crippen molar-refractivity contribution in [3.8, 4) is 0 Å². The monoisotopic (exact) mass is 444 g/mol. The van der Waals surface area contributed by atoms with Crippen LogP contribution in [-0.2, 0) is 23.1 Å². The van der Waals surface area contributed by atoms with Crippen LogP contribution >= 0.6 is 0 Å². The number of hydrogen-bond donors (Lipinski definition) is 1. The Morgan fingerprint density at radius 3 is 2.19 bits per heavy atom. The predicted octanol–water partition coefficient (Wildman–Crippen LogP) is 4.74. The molecule has 5 nitrogen and oxygen atoms in total. The number of nitrogens with zero attached hydrogens (tertiary/aromatic N) is 1. The number of para-hydroxylation sites is 1. The topological polar surface area (TPSA) is 66.5 Å². The van der Waals surface area contributed by atoms with Crippen molar-refractivity contribution in [3.63, 3.8) is 0 Å². The number of fused-ring (bicyclic) bond motifs is 1. The SMILES string of the molecule is CS(=O)(=O)N(Cc1ccc(C(=O)NCc2cccc3ccccc23)cc1)c1ccccc1. The van der Waals surface area contributed by atoms with E-state index in [0.29, 0.717) is 17.8 Å². The minimum absolute atomic E-state index is 0.174. The van der Waals surface area contributed by atoms with Crippen molar-refractivity contribution in [2.75, 3.05) is 10.6 Å². The van der Waals surface area contributed by atoms with Gasteiger partial charge in [-0.2, -0.15) is 0 Å². The summed E-state index contributed by atoms with van der Waals surface area (Å²) in [6, 6.07) is 30.1. The summed E-state index contributed by atoms with van der Waals surface area (Å²) >= 11 is 0. The van der Waals surface area contributed by atoms with Crippen LogP contribution in [0.4, 0.5) is 5.69 Å². The molecule has 0 aromatic heterocycles. The summed E-state index contributed by atoms with van der Waals surface area (Å²) in [5.41, 5.74) is 2.98. The van der Waals surface area contributed by atoms with E-state index < -0.39 is 10.0 Å². The second-order valence-electron chi connectivity index (χ2n) is 7.62. The lowest BCUT2D eigenvalue weighted by Crippen LogP contribution is -2.29. The molecule has 4 aromatic rings. The lowest BCUT2D eigenvalue weighted by Gasteiger charge is -2.22. The van der Waals surface area contributed by atoms with Gasteiger partial charge in [0, 0.05) is 12.1 Å². The van der Waals surface area contributed by atoms with Crippen LogP contribution < -0.4 is 9.62 Å². The van der Waals surface area contributed by atoms with Crippen LogP contribution in [0, 0.1) is 0 Å². The van der Waals surface area contributed by atoms with Crippen molar-refractivity contribution >= 4 is 32.4 Å². The summed E-state index contributed by atoms with van der Waals surface area (Å²) in [5, 5.41) is 5.23. The summed E-state index contributed by atoms with van der Waals surface area (Å²) in [6.45, 7) is 0.624. The molecular weight excluding hydrogens is 420 g/mol. The lowest BCUT2D eigenvalue weighted by atomic mass is 10.0. The molecule has 1 N–H and O–H groups in total. The molecule has 0 aliphatic carbocycles. The molecule has 4 aromatic carbocycles. The number of nitrogens with one attached hydrogen (secondary N) is 1. The first-order chi connectivity index (χ1) is 15.4. The van der Waals surface area contributed by atoms with E-state index in [-0.39, 0.29) is 12.5 Å². The van der Waals surface area contributed by atoms with Gasteiger partial charge in [0.2, 0.25) is 10.0 Å². The Bertz CT molecular complexity index is 1330. The van der Waals surface area contributed by atoms with Crippen molar-refractivity contribution in [2.24, 2.45) is 0 Å². The smallest absolute Gasteiger partial charge is 0.251 e. The van der Waals surface area contributed by atoms with Crippen molar-refractivity contribution in [2.45, 2.75) is 13.1 Å². The van der Waals surface area contributed by atoms with Crippen LogP contribution in [0.1, 0.15) is 21.5 Å². The van der Waals surface area contributed by atoms with Gasteiger partial charge in [-0.15, -0.1) is 0 Å². The van der Waals surface area contributed by atoms with Gasteiger partial charge in [0.1, 0.15) is 0 Å². The Balaban J connectivity index is 1.45. The third-order valence-corrected chi connectivity index (χ3v) is 6.45. The Morgan fingerprint density at radius 2 is 1.47 bits per heavy atom. The molecule has 4 rings (SSSR count). The largest absolute Gasteiger partial charge is 0.348 e. The maximum Gasteiger partial charge on any atom is 0.251 e. The number of carbonyl (C=O) groups is 1. The Labute approximate surface area is 188 Å². The summed E-state index contributed by atoms with van der Waals surface area (Å²) in [7, 11) is -3.45. The van der Waals surface area contributed by atoms with E-state index in [1.165, 1.54) is 10.6 Å². The maximum absolute atomic E-state index is 12.7. The zero-order valence-electron chi connectivity index (χ0n) is 17.7. The van der Waals surface area contributed by atoms with Crippen LogP contribution in [0.15, 0.2) is 97.1 Å². The number of anilines is 1. The highest BCUT2D eigenvalue weighted by atomic mass is 32.2. The molecule has 0 aliphatic heterocycles. The van der Waals surface area contributed by atoms with Gasteiger partial charge in [0.25, 0.3) is 5.91 Å². The number of sulfonamides is 1. The molecule has 0 spiro atoms. The van der Waals surface area contributed by atoms with E-state index in [1.54, 1.807) is 48.5 Å². The van der Waals surface area contributed by atoms with E-state index in [9.17, 15) is 13.2 Å². The molecule has 6 heteroatoms. The van der Waals surface area contributed by atoms with E-state index in [0.717, 1.165) is 21.9 Å². The average Bonchev–Trinajstić information content (AvgIpc) is 2.81. The quantitative estimate of drug-likeness (QED) is 0.448. The van der Waals surface area contributed by atoms with Gasteiger partial charge < -0.3 is 5.32 Å². The fourth-order valence-corrected chi connectivity index (χ4v) is 4.53. The normalized spacial score (nSPS) is 11.3. The highest BCUT2D eigenvalue weighted by Gasteiger charge is 2.18. The lowest BCUT2D eigenvalue weighted by molar-refractivity contribution is 0.0951. The van der Waals surface area contributed by atoms with E-state index in [1.807, 2.05) is 36.4 Å². The molecule has 0 radical (unpaired) electrons. The third kappa shape index (κ3) is 4.98. The van der Waals surface area contributed by atoms with E-state index in [2.05, 4.69) is 17.4 Å². The molecule has 0 unspecified atom stereocenters. The Morgan fingerprint density at radius 1 is 0.812 bits per heavy atom. The molecule has 0 heterocycles. The van der Waals surface area contributed by atoms with E-state index >= 15 is 0 Å².